The van der Waals surface area contributed by atoms with Gasteiger partial charge in [0.25, 0.3) is 0 Å². The number of hydrogen-bond acceptors (Lipinski definition) is 8. The van der Waals surface area contributed by atoms with Gasteiger partial charge in [0.1, 0.15) is 17.0 Å². The summed E-state index contributed by atoms with van der Waals surface area (Å²) in [5.74, 6) is 0.208. The van der Waals surface area contributed by atoms with Crippen molar-refractivity contribution >= 4 is 27.5 Å². The van der Waals surface area contributed by atoms with Gasteiger partial charge in [-0.05, 0) is 37.4 Å². The Bertz CT molecular complexity index is 1080. The molecule has 4 aromatic rings. The van der Waals surface area contributed by atoms with Gasteiger partial charge in [-0.25, -0.2) is 14.6 Å². The summed E-state index contributed by atoms with van der Waals surface area (Å²) in [6.45, 7) is 3.85. The zero-order valence-corrected chi connectivity index (χ0v) is 15.1. The Labute approximate surface area is 153 Å². The van der Waals surface area contributed by atoms with Gasteiger partial charge in [0.05, 0.1) is 34.3 Å². The first kappa shape index (κ1) is 16.6. The van der Waals surface area contributed by atoms with Gasteiger partial charge >= 0.3 is 0 Å². The molecule has 0 saturated carbocycles. The molecule has 4 aromatic heterocycles. The van der Waals surface area contributed by atoms with Crippen LogP contribution in [0.5, 0.6) is 0 Å². The standard InChI is InChI=1S/C17H17N7OS/c1-17(2,25)13-5-3-4-10(19-13)8-24-9-12(22-23-24)14-15-11(6-7-26-15)20-16(18)21-14/h3-7,9,25H,8H2,1-2H3,(H2,18,20,21). The maximum Gasteiger partial charge on any atom is 0.221 e. The zero-order chi connectivity index (χ0) is 18.3. The number of nitrogens with zero attached hydrogens (tertiary/aromatic N) is 6. The lowest BCUT2D eigenvalue weighted by Gasteiger charge is -2.17. The molecule has 0 saturated heterocycles. The quantitative estimate of drug-likeness (QED) is 0.568. The Morgan fingerprint density at radius 3 is 2.85 bits per heavy atom. The molecule has 0 unspecified atom stereocenters. The minimum Gasteiger partial charge on any atom is -0.384 e. The van der Waals surface area contributed by atoms with Crippen LogP contribution in [0.3, 0.4) is 0 Å². The minimum atomic E-state index is -0.993. The number of aromatic nitrogens is 6. The predicted octanol–water partition coefficient (Wildman–Crippen LogP) is 2.20. The van der Waals surface area contributed by atoms with Crippen LogP contribution in [0.4, 0.5) is 5.95 Å². The fourth-order valence-electron chi connectivity index (χ4n) is 2.61. The Balaban J connectivity index is 1.66. The third-order valence-corrected chi connectivity index (χ3v) is 4.77. The zero-order valence-electron chi connectivity index (χ0n) is 14.3. The molecule has 3 N–H and O–H groups in total. The van der Waals surface area contributed by atoms with Gasteiger partial charge in [-0.3, -0.25) is 4.98 Å². The van der Waals surface area contributed by atoms with Gasteiger partial charge in [-0.15, -0.1) is 16.4 Å². The number of rotatable bonds is 4. The van der Waals surface area contributed by atoms with Crippen LogP contribution in [0.1, 0.15) is 25.2 Å². The summed E-state index contributed by atoms with van der Waals surface area (Å²) < 4.78 is 2.61. The maximum atomic E-state index is 10.1. The van der Waals surface area contributed by atoms with E-state index in [1.807, 2.05) is 23.6 Å². The molecule has 0 bridgehead atoms. The van der Waals surface area contributed by atoms with E-state index in [1.54, 1.807) is 30.8 Å². The average Bonchev–Trinajstić information content (AvgIpc) is 3.22. The number of hydrogen-bond donors (Lipinski definition) is 2. The normalized spacial score (nSPS) is 12.0. The highest BCUT2D eigenvalue weighted by Crippen LogP contribution is 2.29. The second-order valence-electron chi connectivity index (χ2n) is 6.44. The summed E-state index contributed by atoms with van der Waals surface area (Å²) in [6.07, 6.45) is 1.80. The van der Waals surface area contributed by atoms with Crippen LogP contribution in [0.25, 0.3) is 21.6 Å². The number of anilines is 1. The molecule has 0 aliphatic carbocycles. The average molecular weight is 367 g/mol. The lowest BCUT2D eigenvalue weighted by Crippen LogP contribution is -2.18. The second kappa shape index (κ2) is 6.11. The molecule has 26 heavy (non-hydrogen) atoms. The molecular formula is C17H17N7OS. The highest BCUT2D eigenvalue weighted by molar-refractivity contribution is 7.17. The van der Waals surface area contributed by atoms with Crippen molar-refractivity contribution in [3.05, 3.63) is 47.2 Å². The van der Waals surface area contributed by atoms with Crippen LogP contribution in [0.2, 0.25) is 0 Å². The molecule has 0 aromatic carbocycles. The van der Waals surface area contributed by atoms with E-state index < -0.39 is 5.60 Å². The Kier molecular flexibility index (Phi) is 3.89. The molecule has 0 fully saturated rings. The first-order valence-corrected chi connectivity index (χ1v) is 8.88. The number of nitrogens with two attached hydrogens (primary N) is 1. The van der Waals surface area contributed by atoms with Gasteiger partial charge < -0.3 is 10.8 Å². The summed E-state index contributed by atoms with van der Waals surface area (Å²) in [5, 5.41) is 20.4. The lowest BCUT2D eigenvalue weighted by atomic mass is 10.0. The third kappa shape index (κ3) is 3.14. The van der Waals surface area contributed by atoms with Crippen LogP contribution in [-0.2, 0) is 12.1 Å². The minimum absolute atomic E-state index is 0.208. The predicted molar refractivity (Wildman–Crippen MR) is 99.4 cm³/mol. The molecule has 132 valence electrons. The lowest BCUT2D eigenvalue weighted by molar-refractivity contribution is 0.0736. The Morgan fingerprint density at radius 2 is 2.04 bits per heavy atom. The molecule has 0 radical (unpaired) electrons. The van der Waals surface area contributed by atoms with E-state index in [0.717, 1.165) is 15.9 Å². The van der Waals surface area contributed by atoms with Crippen LogP contribution in [-0.4, -0.2) is 35.1 Å². The molecule has 9 heteroatoms. The third-order valence-electron chi connectivity index (χ3n) is 3.86. The van der Waals surface area contributed by atoms with Gasteiger partial charge in [-0.2, -0.15) is 0 Å². The first-order chi connectivity index (χ1) is 12.4. The molecule has 0 spiro atoms. The van der Waals surface area contributed by atoms with Crippen molar-refractivity contribution in [3.8, 4) is 11.4 Å². The van der Waals surface area contributed by atoms with Crippen LogP contribution < -0.4 is 5.73 Å². The topological polar surface area (TPSA) is 116 Å². The maximum absolute atomic E-state index is 10.1. The monoisotopic (exact) mass is 367 g/mol. The smallest absolute Gasteiger partial charge is 0.221 e. The largest absolute Gasteiger partial charge is 0.384 e. The van der Waals surface area contributed by atoms with E-state index in [2.05, 4.69) is 25.3 Å². The summed E-state index contributed by atoms with van der Waals surface area (Å²) >= 11 is 1.54. The van der Waals surface area contributed by atoms with Crippen molar-refractivity contribution in [2.24, 2.45) is 0 Å². The molecule has 0 aliphatic heterocycles. The fourth-order valence-corrected chi connectivity index (χ4v) is 3.44. The first-order valence-electron chi connectivity index (χ1n) is 8.00. The number of nitrogen functional groups attached to an aromatic ring is 1. The van der Waals surface area contributed by atoms with Gasteiger partial charge in [0.15, 0.2) is 0 Å². The van der Waals surface area contributed by atoms with E-state index in [4.69, 9.17) is 5.73 Å². The van der Waals surface area contributed by atoms with Crippen molar-refractivity contribution in [2.45, 2.75) is 26.0 Å². The summed E-state index contributed by atoms with van der Waals surface area (Å²) in [6, 6.07) is 7.45. The van der Waals surface area contributed by atoms with Gasteiger partial charge in [0.2, 0.25) is 5.95 Å². The van der Waals surface area contributed by atoms with E-state index in [-0.39, 0.29) is 5.95 Å². The molecule has 0 amide bonds. The second-order valence-corrected chi connectivity index (χ2v) is 7.36. The molecule has 0 aliphatic rings. The molecule has 8 nitrogen and oxygen atoms in total. The van der Waals surface area contributed by atoms with E-state index in [1.165, 1.54) is 11.3 Å². The number of fused-ring (bicyclic) bond motifs is 1. The van der Waals surface area contributed by atoms with Crippen molar-refractivity contribution in [2.75, 3.05) is 5.73 Å². The van der Waals surface area contributed by atoms with E-state index in [0.29, 0.717) is 23.6 Å². The van der Waals surface area contributed by atoms with Crippen molar-refractivity contribution < 1.29 is 5.11 Å². The van der Waals surface area contributed by atoms with Crippen molar-refractivity contribution in [1.29, 1.82) is 0 Å². The Hall–Kier alpha value is -2.91. The molecular weight excluding hydrogens is 350 g/mol. The fraction of sp³-hybridized carbons (Fsp3) is 0.235. The van der Waals surface area contributed by atoms with Crippen molar-refractivity contribution in [3.63, 3.8) is 0 Å². The van der Waals surface area contributed by atoms with Crippen molar-refractivity contribution in [1.82, 2.24) is 29.9 Å². The summed E-state index contributed by atoms with van der Waals surface area (Å²) in [5.41, 5.74) is 8.30. The Morgan fingerprint density at radius 1 is 1.19 bits per heavy atom. The summed E-state index contributed by atoms with van der Waals surface area (Å²) in [7, 11) is 0. The van der Waals surface area contributed by atoms with Gasteiger partial charge in [0, 0.05) is 0 Å². The SMILES string of the molecule is CC(C)(O)c1cccc(Cn2cc(-c3nc(N)nc4ccsc34)nn2)n1. The molecule has 4 rings (SSSR count). The van der Waals surface area contributed by atoms with Crippen LogP contribution >= 0.6 is 11.3 Å². The van der Waals surface area contributed by atoms with Crippen LogP contribution in [0.15, 0.2) is 35.8 Å². The number of pyridine rings is 1. The van der Waals surface area contributed by atoms with Crippen LogP contribution in [0, 0.1) is 0 Å². The van der Waals surface area contributed by atoms with E-state index in [9.17, 15) is 5.11 Å². The highest BCUT2D eigenvalue weighted by Gasteiger charge is 2.18. The molecule has 0 atom stereocenters. The van der Waals surface area contributed by atoms with Gasteiger partial charge in [-0.1, -0.05) is 11.3 Å². The summed E-state index contributed by atoms with van der Waals surface area (Å²) in [4.78, 5) is 13.0. The molecule has 4 heterocycles. The number of aliphatic hydroxyl groups is 1. The number of thiophene rings is 1. The van der Waals surface area contributed by atoms with E-state index >= 15 is 0 Å². The highest BCUT2D eigenvalue weighted by atomic mass is 32.1.